The molecule has 0 spiro atoms. The maximum absolute atomic E-state index is 11.6. The van der Waals surface area contributed by atoms with E-state index in [1.807, 2.05) is 37.3 Å². The second-order valence-electron chi connectivity index (χ2n) is 6.32. The van der Waals surface area contributed by atoms with Crippen LogP contribution in [0, 0.1) is 5.92 Å². The van der Waals surface area contributed by atoms with Gasteiger partial charge in [-0.25, -0.2) is 4.79 Å². The fraction of sp³-hybridized carbons (Fsp3) is 0.562. The van der Waals surface area contributed by atoms with Gasteiger partial charge in [0.05, 0.1) is 11.1 Å². The number of hydrogen-bond donors (Lipinski definition) is 2. The third-order valence-corrected chi connectivity index (χ3v) is 5.12. The van der Waals surface area contributed by atoms with Crippen molar-refractivity contribution in [2.75, 3.05) is 6.54 Å². The molecule has 1 amide bonds. The third-order valence-electron chi connectivity index (χ3n) is 5.12. The van der Waals surface area contributed by atoms with Gasteiger partial charge in [-0.3, -0.25) is 4.90 Å². The van der Waals surface area contributed by atoms with Gasteiger partial charge < -0.3 is 10.2 Å². The SMILES string of the molecule is C[C@@]1(Cc2ccccc2)N(C(=O)O)CC[C@@]1(O)C1CC1. The van der Waals surface area contributed by atoms with E-state index in [2.05, 4.69) is 0 Å². The quantitative estimate of drug-likeness (QED) is 0.891. The van der Waals surface area contributed by atoms with E-state index >= 15 is 0 Å². The molecule has 1 saturated heterocycles. The average Bonchev–Trinajstić information content (AvgIpc) is 3.20. The molecule has 1 aromatic carbocycles. The van der Waals surface area contributed by atoms with Crippen molar-refractivity contribution >= 4 is 6.09 Å². The van der Waals surface area contributed by atoms with E-state index < -0.39 is 17.2 Å². The van der Waals surface area contributed by atoms with Crippen molar-refractivity contribution in [1.82, 2.24) is 4.90 Å². The van der Waals surface area contributed by atoms with Gasteiger partial charge in [0.2, 0.25) is 0 Å². The summed E-state index contributed by atoms with van der Waals surface area (Å²) in [6, 6.07) is 9.85. The Bertz CT molecular complexity index is 514. The van der Waals surface area contributed by atoms with Gasteiger partial charge in [-0.1, -0.05) is 30.3 Å². The molecule has 2 atom stereocenters. The second-order valence-corrected chi connectivity index (χ2v) is 6.32. The number of nitrogens with zero attached hydrogens (tertiary/aromatic N) is 1. The van der Waals surface area contributed by atoms with Gasteiger partial charge in [-0.2, -0.15) is 0 Å². The Morgan fingerprint density at radius 2 is 2.00 bits per heavy atom. The summed E-state index contributed by atoms with van der Waals surface area (Å²) >= 11 is 0. The first-order valence-corrected chi connectivity index (χ1v) is 7.24. The molecular formula is C16H21NO3. The zero-order valence-electron chi connectivity index (χ0n) is 11.7. The van der Waals surface area contributed by atoms with Crippen molar-refractivity contribution in [2.24, 2.45) is 5.92 Å². The minimum absolute atomic E-state index is 0.251. The third kappa shape index (κ3) is 1.90. The van der Waals surface area contributed by atoms with Crippen LogP contribution in [-0.4, -0.2) is 38.9 Å². The average molecular weight is 275 g/mol. The normalized spacial score (nSPS) is 33.4. The smallest absolute Gasteiger partial charge is 0.407 e. The summed E-state index contributed by atoms with van der Waals surface area (Å²) in [6.45, 7) is 2.32. The number of aliphatic hydroxyl groups is 1. The number of carboxylic acid groups (broad SMARTS) is 1. The van der Waals surface area contributed by atoms with E-state index in [9.17, 15) is 15.0 Å². The molecule has 1 aromatic rings. The molecule has 4 nitrogen and oxygen atoms in total. The van der Waals surface area contributed by atoms with E-state index in [-0.39, 0.29) is 5.92 Å². The van der Waals surface area contributed by atoms with Gasteiger partial charge >= 0.3 is 6.09 Å². The highest BCUT2D eigenvalue weighted by molar-refractivity contribution is 5.67. The highest BCUT2D eigenvalue weighted by Gasteiger charge is 2.62. The monoisotopic (exact) mass is 275 g/mol. The van der Waals surface area contributed by atoms with Crippen molar-refractivity contribution < 1.29 is 15.0 Å². The van der Waals surface area contributed by atoms with Crippen LogP contribution in [0.2, 0.25) is 0 Å². The first kappa shape index (κ1) is 13.4. The van der Waals surface area contributed by atoms with Crippen LogP contribution < -0.4 is 0 Å². The lowest BCUT2D eigenvalue weighted by Gasteiger charge is -2.44. The zero-order chi connectivity index (χ0) is 14.4. The Balaban J connectivity index is 1.96. The summed E-state index contributed by atoms with van der Waals surface area (Å²) in [5, 5.41) is 20.6. The fourth-order valence-electron chi connectivity index (χ4n) is 3.79. The van der Waals surface area contributed by atoms with Crippen LogP contribution in [0.4, 0.5) is 4.79 Å². The molecule has 20 heavy (non-hydrogen) atoms. The van der Waals surface area contributed by atoms with Gasteiger partial charge in [-0.15, -0.1) is 0 Å². The number of rotatable bonds is 3. The molecule has 2 aliphatic rings. The summed E-state index contributed by atoms with van der Waals surface area (Å²) in [5.41, 5.74) is -0.551. The van der Waals surface area contributed by atoms with E-state index in [1.54, 1.807) is 0 Å². The molecular weight excluding hydrogens is 254 g/mol. The highest BCUT2D eigenvalue weighted by Crippen LogP contribution is 2.53. The number of hydrogen-bond acceptors (Lipinski definition) is 2. The fourth-order valence-corrected chi connectivity index (χ4v) is 3.79. The van der Waals surface area contributed by atoms with E-state index in [0.717, 1.165) is 18.4 Å². The van der Waals surface area contributed by atoms with Crippen molar-refractivity contribution in [3.8, 4) is 0 Å². The van der Waals surface area contributed by atoms with Crippen molar-refractivity contribution in [1.29, 1.82) is 0 Å². The molecule has 0 aromatic heterocycles. The minimum atomic E-state index is -0.931. The molecule has 0 radical (unpaired) electrons. The van der Waals surface area contributed by atoms with E-state index in [1.165, 1.54) is 4.90 Å². The Morgan fingerprint density at radius 3 is 2.55 bits per heavy atom. The summed E-state index contributed by atoms with van der Waals surface area (Å²) in [5.74, 6) is 0.251. The van der Waals surface area contributed by atoms with Crippen LogP contribution in [0.1, 0.15) is 31.7 Å². The molecule has 2 N–H and O–H groups in total. The molecule has 1 heterocycles. The Labute approximate surface area is 119 Å². The van der Waals surface area contributed by atoms with Crippen molar-refractivity contribution in [3.63, 3.8) is 0 Å². The number of carbonyl (C=O) groups is 1. The van der Waals surface area contributed by atoms with Gasteiger partial charge in [0.15, 0.2) is 0 Å². The Kier molecular flexibility index (Phi) is 3.01. The van der Waals surface area contributed by atoms with E-state index in [0.29, 0.717) is 19.4 Å². The zero-order valence-corrected chi connectivity index (χ0v) is 11.7. The second kappa shape index (κ2) is 4.48. The molecule has 4 heteroatoms. The predicted octanol–water partition coefficient (Wildman–Crippen LogP) is 2.51. The Morgan fingerprint density at radius 1 is 1.35 bits per heavy atom. The molecule has 1 saturated carbocycles. The predicted molar refractivity (Wildman–Crippen MR) is 75.6 cm³/mol. The highest BCUT2D eigenvalue weighted by atomic mass is 16.4. The number of amides is 1. The van der Waals surface area contributed by atoms with Crippen LogP contribution in [0.25, 0.3) is 0 Å². The van der Waals surface area contributed by atoms with Crippen LogP contribution in [-0.2, 0) is 6.42 Å². The Hall–Kier alpha value is -1.55. The molecule has 3 rings (SSSR count). The molecule has 0 unspecified atom stereocenters. The summed E-state index contributed by atoms with van der Waals surface area (Å²) < 4.78 is 0. The first-order valence-electron chi connectivity index (χ1n) is 7.24. The van der Waals surface area contributed by atoms with Crippen molar-refractivity contribution in [3.05, 3.63) is 35.9 Å². The topological polar surface area (TPSA) is 60.8 Å². The van der Waals surface area contributed by atoms with Crippen LogP contribution in [0.5, 0.6) is 0 Å². The molecule has 1 aliphatic heterocycles. The standard InChI is InChI=1S/C16H21NO3/c1-15(11-12-5-3-2-4-6-12)16(20,13-7-8-13)9-10-17(15)14(18)19/h2-6,13,20H,7-11H2,1H3,(H,18,19)/t15-,16+/m0/s1. The maximum Gasteiger partial charge on any atom is 0.407 e. The van der Waals surface area contributed by atoms with Crippen LogP contribution >= 0.6 is 0 Å². The largest absolute Gasteiger partial charge is 0.465 e. The number of benzene rings is 1. The first-order chi connectivity index (χ1) is 9.47. The van der Waals surface area contributed by atoms with Crippen LogP contribution in [0.3, 0.4) is 0 Å². The van der Waals surface area contributed by atoms with Gasteiger partial charge in [0.25, 0.3) is 0 Å². The summed E-state index contributed by atoms with van der Waals surface area (Å²) in [4.78, 5) is 13.0. The summed E-state index contributed by atoms with van der Waals surface area (Å²) in [6.07, 6.45) is 2.20. The van der Waals surface area contributed by atoms with E-state index in [4.69, 9.17) is 0 Å². The lowest BCUT2D eigenvalue weighted by molar-refractivity contribution is -0.0644. The molecule has 108 valence electrons. The van der Waals surface area contributed by atoms with Crippen LogP contribution in [0.15, 0.2) is 30.3 Å². The lowest BCUT2D eigenvalue weighted by Crippen LogP contribution is -2.59. The number of likely N-dealkylation sites (tertiary alicyclic amines) is 1. The molecule has 0 bridgehead atoms. The van der Waals surface area contributed by atoms with Crippen molar-refractivity contribution in [2.45, 2.75) is 43.7 Å². The molecule has 1 aliphatic carbocycles. The summed E-state index contributed by atoms with van der Waals surface area (Å²) in [7, 11) is 0. The van der Waals surface area contributed by atoms with Gasteiger partial charge in [0.1, 0.15) is 0 Å². The minimum Gasteiger partial charge on any atom is -0.465 e. The molecule has 2 fully saturated rings. The van der Waals surface area contributed by atoms with Gasteiger partial charge in [-0.05, 0) is 44.1 Å². The van der Waals surface area contributed by atoms with Gasteiger partial charge in [0, 0.05) is 6.54 Å². The lowest BCUT2D eigenvalue weighted by atomic mass is 9.74. The maximum atomic E-state index is 11.6.